The molecule has 0 aromatic rings. The second-order valence-corrected chi connectivity index (χ2v) is 1.77. The van der Waals surface area contributed by atoms with Gasteiger partial charge in [-0.3, -0.25) is 0 Å². The Morgan fingerprint density at radius 1 is 1.88 bits per heavy atom. The Hall–Kier alpha value is -0.710. The Bertz CT molecular complexity index is 135. The zero-order valence-electron chi connectivity index (χ0n) is 3.77. The number of nitro groups is 1. The van der Waals surface area contributed by atoms with E-state index in [0.717, 1.165) is 16.8 Å². The van der Waals surface area contributed by atoms with Gasteiger partial charge < -0.3 is 0 Å². The predicted molar refractivity (Wildman–Crippen MR) is 28.8 cm³/mol. The first-order chi connectivity index (χ1) is 3.80. The number of nitrogens with zero attached hydrogens (tertiary/aromatic N) is 2. The number of hydrogen-bond acceptors (Lipinski definition) is 3. The molecule has 0 amide bonds. The van der Waals surface area contributed by atoms with E-state index < -0.39 is 5.03 Å². The Morgan fingerprint density at radius 3 is 2.88 bits per heavy atom. The van der Waals surface area contributed by atoms with Crippen LogP contribution in [0.2, 0.25) is 0 Å². The number of thioether (sulfide) groups is 1. The van der Waals surface area contributed by atoms with E-state index in [9.17, 15) is 10.1 Å². The SMILES string of the molecule is O=[N+]([O-])N1[C]SC=C1. The van der Waals surface area contributed by atoms with Crippen LogP contribution in [-0.2, 0) is 0 Å². The van der Waals surface area contributed by atoms with Gasteiger partial charge in [-0.05, 0) is 5.41 Å². The van der Waals surface area contributed by atoms with E-state index in [4.69, 9.17) is 0 Å². The average molecular weight is 130 g/mol. The lowest BCUT2D eigenvalue weighted by Gasteiger charge is -1.96. The van der Waals surface area contributed by atoms with E-state index in [1.807, 2.05) is 0 Å². The Morgan fingerprint density at radius 2 is 2.62 bits per heavy atom. The van der Waals surface area contributed by atoms with Crippen molar-refractivity contribution in [3.05, 3.63) is 27.6 Å². The largest absolute Gasteiger partial charge is 0.239 e. The molecule has 0 fully saturated rings. The summed E-state index contributed by atoms with van der Waals surface area (Å²) >= 11 is 1.16. The fraction of sp³-hybridized carbons (Fsp3) is 0. The lowest BCUT2D eigenvalue weighted by Crippen LogP contribution is -2.16. The molecule has 1 aliphatic heterocycles. The summed E-state index contributed by atoms with van der Waals surface area (Å²) in [4.78, 5) is 9.81. The van der Waals surface area contributed by atoms with E-state index in [1.165, 1.54) is 6.20 Å². The molecule has 1 aliphatic rings. The van der Waals surface area contributed by atoms with E-state index in [0.29, 0.717) is 0 Å². The molecule has 2 radical (unpaired) electrons. The summed E-state index contributed by atoms with van der Waals surface area (Å²) in [6.45, 7) is 0. The van der Waals surface area contributed by atoms with Crippen LogP contribution in [0.25, 0.3) is 0 Å². The summed E-state index contributed by atoms with van der Waals surface area (Å²) in [6, 6.07) is 0. The Balaban J connectivity index is 2.48. The third kappa shape index (κ3) is 0.919. The zero-order chi connectivity index (χ0) is 5.98. The fourth-order valence-electron chi connectivity index (χ4n) is 0.291. The monoisotopic (exact) mass is 130 g/mol. The maximum atomic E-state index is 9.81. The molecule has 1 rings (SSSR count). The highest BCUT2D eigenvalue weighted by Crippen LogP contribution is 2.18. The molecule has 0 aromatic heterocycles. The molecule has 4 nitrogen and oxygen atoms in total. The minimum absolute atomic E-state index is 0.545. The molecule has 0 N–H and O–H groups in total. The second-order valence-electron chi connectivity index (χ2n) is 1.08. The maximum Gasteiger partial charge on any atom is 0.239 e. The van der Waals surface area contributed by atoms with Crippen molar-refractivity contribution in [3.63, 3.8) is 0 Å². The molecule has 42 valence electrons. The highest BCUT2D eigenvalue weighted by molar-refractivity contribution is 8.04. The van der Waals surface area contributed by atoms with E-state index >= 15 is 0 Å². The van der Waals surface area contributed by atoms with Crippen LogP contribution in [0.3, 0.4) is 0 Å². The molecular weight excluding hydrogens is 128 g/mol. The van der Waals surface area contributed by atoms with E-state index in [2.05, 4.69) is 5.88 Å². The van der Waals surface area contributed by atoms with Crippen molar-refractivity contribution in [1.29, 1.82) is 0 Å². The van der Waals surface area contributed by atoms with Gasteiger partial charge in [-0.25, -0.2) is 10.1 Å². The molecule has 1 heterocycles. The second kappa shape index (κ2) is 2.04. The Kier molecular flexibility index (Phi) is 1.38. The van der Waals surface area contributed by atoms with Gasteiger partial charge in [0.25, 0.3) is 0 Å². The van der Waals surface area contributed by atoms with Gasteiger partial charge in [0.05, 0.1) is 6.20 Å². The average Bonchev–Trinajstić information content (AvgIpc) is 2.12. The number of hydrogen-bond donors (Lipinski definition) is 0. The van der Waals surface area contributed by atoms with Crippen LogP contribution in [-0.4, -0.2) is 10.0 Å². The molecule has 0 aliphatic carbocycles. The van der Waals surface area contributed by atoms with Crippen LogP contribution in [0.4, 0.5) is 0 Å². The quantitative estimate of drug-likeness (QED) is 0.387. The first kappa shape index (κ1) is 5.43. The summed E-state index contributed by atoms with van der Waals surface area (Å²) in [5.41, 5.74) is 0. The molecule has 0 atom stereocenters. The number of hydrazine groups is 1. The van der Waals surface area contributed by atoms with Gasteiger partial charge in [0, 0.05) is 0 Å². The molecular formula is C3H2N2O2S. The van der Waals surface area contributed by atoms with Crippen molar-refractivity contribution in [2.75, 3.05) is 0 Å². The van der Waals surface area contributed by atoms with Gasteiger partial charge in [-0.15, -0.1) is 0 Å². The van der Waals surface area contributed by atoms with Crippen molar-refractivity contribution in [3.8, 4) is 0 Å². The van der Waals surface area contributed by atoms with Crippen LogP contribution >= 0.6 is 11.8 Å². The summed E-state index contributed by atoms with van der Waals surface area (Å²) < 4.78 is 0. The van der Waals surface area contributed by atoms with Crippen LogP contribution < -0.4 is 0 Å². The molecule has 0 spiro atoms. The summed E-state index contributed by atoms with van der Waals surface area (Å²) in [5, 5.41) is 11.6. The van der Waals surface area contributed by atoms with Crippen molar-refractivity contribution in [2.45, 2.75) is 0 Å². The van der Waals surface area contributed by atoms with Crippen LogP contribution in [0, 0.1) is 16.0 Å². The molecule has 0 aromatic carbocycles. The van der Waals surface area contributed by atoms with Gasteiger partial charge in [-0.2, -0.15) is 0 Å². The van der Waals surface area contributed by atoms with Crippen molar-refractivity contribution in [1.82, 2.24) is 5.01 Å². The normalized spacial score (nSPS) is 17.2. The molecule has 0 saturated heterocycles. The van der Waals surface area contributed by atoms with Gasteiger partial charge in [0.1, 0.15) is 0 Å². The van der Waals surface area contributed by atoms with Crippen LogP contribution in [0.1, 0.15) is 0 Å². The Labute approximate surface area is 50.3 Å². The topological polar surface area (TPSA) is 46.4 Å². The van der Waals surface area contributed by atoms with Crippen molar-refractivity contribution < 1.29 is 5.03 Å². The molecule has 0 saturated carbocycles. The number of rotatable bonds is 1. The predicted octanol–water partition coefficient (Wildman–Crippen LogP) is 0.694. The van der Waals surface area contributed by atoms with Crippen molar-refractivity contribution in [2.24, 2.45) is 0 Å². The third-order valence-corrected chi connectivity index (χ3v) is 1.14. The third-order valence-electron chi connectivity index (χ3n) is 0.592. The molecule has 5 heteroatoms. The summed E-state index contributed by atoms with van der Waals surface area (Å²) in [7, 11) is 0. The fourth-order valence-corrected chi connectivity index (χ4v) is 0.763. The first-order valence-corrected chi connectivity index (χ1v) is 2.70. The highest BCUT2D eigenvalue weighted by Gasteiger charge is 2.15. The lowest BCUT2D eigenvalue weighted by atomic mass is 11.0. The van der Waals surface area contributed by atoms with Crippen molar-refractivity contribution >= 4 is 11.8 Å². The van der Waals surface area contributed by atoms with E-state index in [-0.39, 0.29) is 0 Å². The minimum atomic E-state index is -0.545. The highest BCUT2D eigenvalue weighted by atomic mass is 32.2. The molecule has 0 unspecified atom stereocenters. The van der Waals surface area contributed by atoms with E-state index in [1.54, 1.807) is 5.41 Å². The summed E-state index contributed by atoms with van der Waals surface area (Å²) in [6.07, 6.45) is 1.34. The van der Waals surface area contributed by atoms with Gasteiger partial charge in [-0.1, -0.05) is 16.8 Å². The summed E-state index contributed by atoms with van der Waals surface area (Å²) in [5.74, 6) is 2.40. The lowest BCUT2D eigenvalue weighted by molar-refractivity contribution is -0.627. The van der Waals surface area contributed by atoms with Crippen LogP contribution in [0.15, 0.2) is 11.6 Å². The molecule has 0 bridgehead atoms. The smallest absolute Gasteiger partial charge is 0.234 e. The zero-order valence-corrected chi connectivity index (χ0v) is 4.59. The van der Waals surface area contributed by atoms with Crippen LogP contribution in [0.5, 0.6) is 0 Å². The van der Waals surface area contributed by atoms with Gasteiger partial charge in [0.15, 0.2) is 5.03 Å². The van der Waals surface area contributed by atoms with Gasteiger partial charge >= 0.3 is 0 Å². The minimum Gasteiger partial charge on any atom is -0.234 e. The van der Waals surface area contributed by atoms with Gasteiger partial charge in [0.2, 0.25) is 5.88 Å². The molecule has 8 heavy (non-hydrogen) atoms. The standard InChI is InChI=1S/C3H2N2O2S/c6-5(7)4-1-2-8-3-4/h1-2H. The first-order valence-electron chi connectivity index (χ1n) is 1.82. The maximum absolute atomic E-state index is 9.81.